The second kappa shape index (κ2) is 10.9. The molecule has 178 valence electrons. The number of aromatic nitrogens is 1. The quantitative estimate of drug-likeness (QED) is 0.286. The van der Waals surface area contributed by atoms with Gasteiger partial charge < -0.3 is 9.74 Å². The molecule has 1 fully saturated rings. The molecule has 1 aliphatic heterocycles. The second-order valence-corrected chi connectivity index (χ2v) is 9.22. The van der Waals surface area contributed by atoms with Gasteiger partial charge in [0.05, 0.1) is 20.8 Å². The average Bonchev–Trinajstić information content (AvgIpc) is 2.82. The number of para-hydroxylation sites is 1. The van der Waals surface area contributed by atoms with E-state index >= 15 is 0 Å². The van der Waals surface area contributed by atoms with Gasteiger partial charge in [-0.2, -0.15) is 0 Å². The van der Waals surface area contributed by atoms with Gasteiger partial charge in [0.25, 0.3) is 5.56 Å². The van der Waals surface area contributed by atoms with Crippen LogP contribution in [0.25, 0.3) is 5.69 Å². The summed E-state index contributed by atoms with van der Waals surface area (Å²) >= 11 is 19.1. The summed E-state index contributed by atoms with van der Waals surface area (Å²) in [6, 6.07) is 12.1. The van der Waals surface area contributed by atoms with E-state index in [2.05, 4.69) is 17.0 Å². The number of piperidine rings is 1. The van der Waals surface area contributed by atoms with Crippen LogP contribution < -0.4 is 5.56 Å². The van der Waals surface area contributed by atoms with E-state index in [1.165, 1.54) is 28.8 Å². The zero-order valence-corrected chi connectivity index (χ0v) is 20.7. The Morgan fingerprint density at radius 1 is 1.06 bits per heavy atom. The van der Waals surface area contributed by atoms with Crippen molar-refractivity contribution in [3.05, 3.63) is 97.1 Å². The molecule has 0 amide bonds. The van der Waals surface area contributed by atoms with Crippen molar-refractivity contribution in [3.63, 3.8) is 0 Å². The smallest absolute Gasteiger partial charge is 0.255 e. The van der Waals surface area contributed by atoms with Gasteiger partial charge in [-0.3, -0.25) is 9.36 Å². The minimum Gasteiger partial charge on any atom is -0.392 e. The Morgan fingerprint density at radius 3 is 2.41 bits per heavy atom. The molecule has 0 radical (unpaired) electrons. The Kier molecular flexibility index (Phi) is 7.94. The van der Waals surface area contributed by atoms with Crippen LogP contribution in [0, 0.1) is 5.82 Å². The third kappa shape index (κ3) is 5.47. The van der Waals surface area contributed by atoms with E-state index in [-0.39, 0.29) is 16.7 Å². The minimum atomic E-state index is -0.464. The van der Waals surface area contributed by atoms with E-state index in [1.54, 1.807) is 30.5 Å². The average molecular weight is 523 g/mol. The van der Waals surface area contributed by atoms with Crippen molar-refractivity contribution in [2.24, 2.45) is 5.16 Å². The van der Waals surface area contributed by atoms with E-state index in [1.807, 2.05) is 0 Å². The van der Waals surface area contributed by atoms with Crippen LogP contribution in [-0.2, 0) is 4.84 Å². The van der Waals surface area contributed by atoms with Gasteiger partial charge >= 0.3 is 0 Å². The molecular formula is C25H23Cl3FN3O2. The van der Waals surface area contributed by atoms with Crippen molar-refractivity contribution >= 4 is 40.5 Å². The third-order valence-corrected chi connectivity index (χ3v) is 6.75. The maximum absolute atomic E-state index is 13.8. The van der Waals surface area contributed by atoms with E-state index in [0.717, 1.165) is 32.5 Å². The van der Waals surface area contributed by atoms with Crippen LogP contribution in [0.4, 0.5) is 4.39 Å². The molecule has 1 saturated heterocycles. The number of halogens is 4. The van der Waals surface area contributed by atoms with Crippen molar-refractivity contribution in [2.75, 3.05) is 19.6 Å². The first kappa shape index (κ1) is 24.7. The first-order chi connectivity index (χ1) is 16.4. The first-order valence-corrected chi connectivity index (χ1v) is 12.1. The molecule has 1 aliphatic rings. The fourth-order valence-corrected chi connectivity index (χ4v) is 4.75. The molecule has 0 bridgehead atoms. The van der Waals surface area contributed by atoms with Crippen LogP contribution in [0.1, 0.15) is 30.9 Å². The fourth-order valence-electron chi connectivity index (χ4n) is 3.92. The highest BCUT2D eigenvalue weighted by molar-refractivity contribution is 6.38. The van der Waals surface area contributed by atoms with Crippen molar-refractivity contribution in [3.8, 4) is 5.69 Å². The lowest BCUT2D eigenvalue weighted by molar-refractivity contribution is 0.0122. The fraction of sp³-hybridized carbons (Fsp3) is 0.280. The maximum Gasteiger partial charge on any atom is 0.255 e. The number of hydrogen-bond donors (Lipinski definition) is 0. The molecule has 3 aromatic rings. The first-order valence-electron chi connectivity index (χ1n) is 11.0. The molecule has 5 nitrogen and oxygen atoms in total. The van der Waals surface area contributed by atoms with Crippen molar-refractivity contribution in [2.45, 2.75) is 25.9 Å². The highest BCUT2D eigenvalue weighted by Gasteiger charge is 2.21. The van der Waals surface area contributed by atoms with Gasteiger partial charge in [0.15, 0.2) is 0 Å². The van der Waals surface area contributed by atoms with Gasteiger partial charge in [-0.1, -0.05) is 52.9 Å². The zero-order valence-electron chi connectivity index (χ0n) is 18.5. The molecule has 0 saturated carbocycles. The summed E-state index contributed by atoms with van der Waals surface area (Å²) in [5.74, 6) is -0.464. The highest BCUT2D eigenvalue weighted by Crippen LogP contribution is 2.28. The van der Waals surface area contributed by atoms with Crippen LogP contribution in [0.5, 0.6) is 0 Å². The van der Waals surface area contributed by atoms with Crippen LogP contribution in [0.15, 0.2) is 64.7 Å². The molecule has 0 unspecified atom stereocenters. The molecule has 9 heteroatoms. The van der Waals surface area contributed by atoms with Gasteiger partial charge in [0, 0.05) is 36.5 Å². The number of pyridine rings is 1. The lowest BCUT2D eigenvalue weighted by atomic mass is 10.0. The maximum atomic E-state index is 13.8. The predicted molar refractivity (Wildman–Crippen MR) is 135 cm³/mol. The summed E-state index contributed by atoms with van der Waals surface area (Å²) in [6.07, 6.45) is 3.21. The van der Waals surface area contributed by atoms with Gasteiger partial charge in [-0.25, -0.2) is 4.39 Å². The van der Waals surface area contributed by atoms with Crippen molar-refractivity contribution in [1.29, 1.82) is 0 Å². The summed E-state index contributed by atoms with van der Waals surface area (Å²) in [4.78, 5) is 21.0. The SMILES string of the molecule is CCN1CCC(O/N=C(/c2ccc(=O)n(-c3c(Cl)cccc3Cl)c2)c2ccc(F)cc2Cl)CC1. The second-order valence-electron chi connectivity index (χ2n) is 8.00. The van der Waals surface area contributed by atoms with Crippen LogP contribution >= 0.6 is 34.8 Å². The standard InChI is InChI=1S/C25H23Cl3FN3O2/c1-2-31-12-10-18(11-13-31)34-30-24(19-8-7-17(29)14-22(19)28)16-6-9-23(33)32(15-16)25-20(26)4-3-5-21(25)27/h3-9,14-15,18H,2,10-13H2,1H3/b30-24-. The molecule has 2 aromatic carbocycles. The number of oxime groups is 1. The van der Waals surface area contributed by atoms with Gasteiger partial charge in [0.1, 0.15) is 17.6 Å². The largest absolute Gasteiger partial charge is 0.392 e. The van der Waals surface area contributed by atoms with Gasteiger partial charge in [-0.05, 0) is 55.8 Å². The molecule has 0 spiro atoms. The van der Waals surface area contributed by atoms with E-state index in [4.69, 9.17) is 39.6 Å². The Balaban J connectivity index is 1.77. The number of hydrogen-bond acceptors (Lipinski definition) is 4. The lowest BCUT2D eigenvalue weighted by Gasteiger charge is -2.29. The van der Waals surface area contributed by atoms with Crippen molar-refractivity contribution < 1.29 is 9.23 Å². The Morgan fingerprint density at radius 2 is 1.76 bits per heavy atom. The molecule has 2 heterocycles. The molecule has 4 rings (SSSR count). The lowest BCUT2D eigenvalue weighted by Crippen LogP contribution is -2.36. The van der Waals surface area contributed by atoms with E-state index in [9.17, 15) is 9.18 Å². The number of rotatable bonds is 6. The normalized spacial score (nSPS) is 15.5. The molecule has 0 atom stereocenters. The van der Waals surface area contributed by atoms with Crippen LogP contribution in [-0.4, -0.2) is 40.9 Å². The molecule has 0 aliphatic carbocycles. The summed E-state index contributed by atoms with van der Waals surface area (Å²) in [6.45, 7) is 4.99. The summed E-state index contributed by atoms with van der Waals surface area (Å²) in [5.41, 5.74) is 1.42. The number of likely N-dealkylation sites (tertiary alicyclic amines) is 1. The third-order valence-electron chi connectivity index (χ3n) is 5.82. The van der Waals surface area contributed by atoms with Gasteiger partial charge in [0.2, 0.25) is 0 Å². The monoisotopic (exact) mass is 521 g/mol. The van der Waals surface area contributed by atoms with E-state index < -0.39 is 5.82 Å². The molecule has 1 aromatic heterocycles. The summed E-state index contributed by atoms with van der Waals surface area (Å²) in [7, 11) is 0. The summed E-state index contributed by atoms with van der Waals surface area (Å²) < 4.78 is 15.1. The molecular weight excluding hydrogens is 500 g/mol. The Hall–Kier alpha value is -2.38. The van der Waals surface area contributed by atoms with Gasteiger partial charge in [-0.15, -0.1) is 0 Å². The van der Waals surface area contributed by atoms with Crippen LogP contribution in [0.2, 0.25) is 15.1 Å². The topological polar surface area (TPSA) is 46.8 Å². The summed E-state index contributed by atoms with van der Waals surface area (Å²) in [5, 5.41) is 5.27. The number of benzene rings is 2. The Bertz CT molecular complexity index is 1250. The highest BCUT2D eigenvalue weighted by atomic mass is 35.5. The van der Waals surface area contributed by atoms with Crippen LogP contribution in [0.3, 0.4) is 0 Å². The number of nitrogens with zero attached hydrogens (tertiary/aromatic N) is 3. The Labute approximate surface area is 212 Å². The van der Waals surface area contributed by atoms with E-state index in [0.29, 0.717) is 32.6 Å². The minimum absolute atomic E-state index is 0.0547. The zero-order chi connectivity index (χ0) is 24.2. The molecule has 0 N–H and O–H groups in total. The van der Waals surface area contributed by atoms with Crippen molar-refractivity contribution in [1.82, 2.24) is 9.47 Å². The molecule has 34 heavy (non-hydrogen) atoms. The predicted octanol–water partition coefficient (Wildman–Crippen LogP) is 6.19.